The van der Waals surface area contributed by atoms with Gasteiger partial charge in [0.15, 0.2) is 0 Å². The molecule has 2 atom stereocenters. The number of halogens is 1. The average Bonchev–Trinajstić information content (AvgIpc) is 2.75. The zero-order valence-corrected chi connectivity index (χ0v) is 10.1. The molecule has 3 nitrogen and oxygen atoms in total. The SMILES string of the molecule is CN(Cc1ccc(Cl)s1)C1COCC1O. The second-order valence-electron chi connectivity index (χ2n) is 3.79. The highest BCUT2D eigenvalue weighted by Crippen LogP contribution is 2.24. The van der Waals surface area contributed by atoms with Crippen LogP contribution in [0.3, 0.4) is 0 Å². The maximum atomic E-state index is 9.65. The summed E-state index contributed by atoms with van der Waals surface area (Å²) in [4.78, 5) is 3.32. The van der Waals surface area contributed by atoms with E-state index >= 15 is 0 Å². The molecule has 1 saturated heterocycles. The number of rotatable bonds is 3. The molecule has 1 N–H and O–H groups in total. The summed E-state index contributed by atoms with van der Waals surface area (Å²) >= 11 is 7.44. The van der Waals surface area contributed by atoms with E-state index in [1.165, 1.54) is 4.88 Å². The van der Waals surface area contributed by atoms with Crippen molar-refractivity contribution < 1.29 is 9.84 Å². The lowest BCUT2D eigenvalue weighted by atomic mass is 10.2. The Morgan fingerprint density at radius 3 is 2.93 bits per heavy atom. The summed E-state index contributed by atoms with van der Waals surface area (Å²) in [5, 5.41) is 9.65. The van der Waals surface area contributed by atoms with E-state index in [2.05, 4.69) is 4.90 Å². The highest BCUT2D eigenvalue weighted by atomic mass is 35.5. The van der Waals surface area contributed by atoms with Gasteiger partial charge in [-0.15, -0.1) is 11.3 Å². The predicted molar refractivity (Wildman–Crippen MR) is 61.4 cm³/mol. The number of nitrogens with zero attached hydrogens (tertiary/aromatic N) is 1. The number of hydrogen-bond donors (Lipinski definition) is 1. The van der Waals surface area contributed by atoms with Crippen molar-refractivity contribution in [3.05, 3.63) is 21.3 Å². The largest absolute Gasteiger partial charge is 0.389 e. The number of hydrogen-bond acceptors (Lipinski definition) is 4. The van der Waals surface area contributed by atoms with Gasteiger partial charge in [-0.3, -0.25) is 4.90 Å². The number of ether oxygens (including phenoxy) is 1. The van der Waals surface area contributed by atoms with Crippen LogP contribution in [0.2, 0.25) is 4.34 Å². The first kappa shape index (κ1) is 11.4. The van der Waals surface area contributed by atoms with Gasteiger partial charge in [0.2, 0.25) is 0 Å². The third kappa shape index (κ3) is 2.71. The van der Waals surface area contributed by atoms with Crippen molar-refractivity contribution >= 4 is 22.9 Å². The molecular formula is C10H14ClNO2S. The molecule has 0 aromatic carbocycles. The number of thiophene rings is 1. The molecule has 2 rings (SSSR count). The standard InChI is InChI=1S/C10H14ClNO2S/c1-12(8-5-14-6-9(8)13)4-7-2-3-10(11)15-7/h2-3,8-9,13H,4-6H2,1H3. The highest BCUT2D eigenvalue weighted by Gasteiger charge is 2.29. The Balaban J connectivity index is 1.94. The van der Waals surface area contributed by atoms with E-state index in [0.29, 0.717) is 13.2 Å². The smallest absolute Gasteiger partial charge is 0.0950 e. The second kappa shape index (κ2) is 4.80. The summed E-state index contributed by atoms with van der Waals surface area (Å²) in [5.74, 6) is 0. The molecule has 5 heteroatoms. The van der Waals surface area contributed by atoms with Gasteiger partial charge < -0.3 is 9.84 Å². The normalized spacial score (nSPS) is 26.4. The molecule has 0 spiro atoms. The molecule has 2 unspecified atom stereocenters. The summed E-state index contributed by atoms with van der Waals surface area (Å²) in [6, 6.07) is 4.02. The molecule has 1 aliphatic heterocycles. The van der Waals surface area contributed by atoms with Crippen molar-refractivity contribution in [1.82, 2.24) is 4.90 Å². The third-order valence-corrected chi connectivity index (χ3v) is 3.84. The van der Waals surface area contributed by atoms with Crippen molar-refractivity contribution in [1.29, 1.82) is 0 Å². The molecule has 0 saturated carbocycles. The van der Waals surface area contributed by atoms with Crippen molar-refractivity contribution in [2.24, 2.45) is 0 Å². The molecule has 1 aromatic heterocycles. The van der Waals surface area contributed by atoms with Gasteiger partial charge in [0.1, 0.15) is 0 Å². The van der Waals surface area contributed by atoms with Crippen LogP contribution < -0.4 is 0 Å². The molecule has 1 aromatic rings. The minimum atomic E-state index is -0.370. The molecule has 1 aliphatic rings. The zero-order valence-electron chi connectivity index (χ0n) is 8.52. The quantitative estimate of drug-likeness (QED) is 0.881. The Morgan fingerprint density at radius 2 is 2.40 bits per heavy atom. The van der Waals surface area contributed by atoms with Crippen molar-refractivity contribution in [2.45, 2.75) is 18.7 Å². The molecule has 0 radical (unpaired) electrons. The summed E-state index contributed by atoms with van der Waals surface area (Å²) in [6.07, 6.45) is -0.370. The van der Waals surface area contributed by atoms with Crippen LogP contribution in [0, 0.1) is 0 Å². The molecule has 2 heterocycles. The molecule has 1 fully saturated rings. The van der Waals surface area contributed by atoms with Crippen LogP contribution in [0.15, 0.2) is 12.1 Å². The number of aliphatic hydroxyl groups is 1. The van der Waals surface area contributed by atoms with E-state index in [-0.39, 0.29) is 12.1 Å². The topological polar surface area (TPSA) is 32.7 Å². The van der Waals surface area contributed by atoms with E-state index in [0.717, 1.165) is 10.9 Å². The monoisotopic (exact) mass is 247 g/mol. The molecule has 84 valence electrons. The first-order valence-electron chi connectivity index (χ1n) is 4.87. The average molecular weight is 248 g/mol. The second-order valence-corrected chi connectivity index (χ2v) is 5.59. The fraction of sp³-hybridized carbons (Fsp3) is 0.600. The van der Waals surface area contributed by atoms with Crippen molar-refractivity contribution in [2.75, 3.05) is 20.3 Å². The van der Waals surface area contributed by atoms with E-state index in [1.807, 2.05) is 19.2 Å². The summed E-state index contributed by atoms with van der Waals surface area (Å²) in [5.41, 5.74) is 0. The number of aliphatic hydroxyl groups excluding tert-OH is 1. The fourth-order valence-corrected chi connectivity index (χ4v) is 2.90. The summed E-state index contributed by atoms with van der Waals surface area (Å²) in [6.45, 7) is 1.86. The molecule has 0 bridgehead atoms. The van der Waals surface area contributed by atoms with Crippen LogP contribution in [0.25, 0.3) is 0 Å². The first-order valence-corrected chi connectivity index (χ1v) is 6.06. The van der Waals surface area contributed by atoms with Crippen LogP contribution in [-0.2, 0) is 11.3 Å². The van der Waals surface area contributed by atoms with Gasteiger partial charge in [0.05, 0.1) is 29.7 Å². The highest BCUT2D eigenvalue weighted by molar-refractivity contribution is 7.16. The van der Waals surface area contributed by atoms with Gasteiger partial charge in [-0.1, -0.05) is 11.6 Å². The lowest BCUT2D eigenvalue weighted by Crippen LogP contribution is -2.39. The van der Waals surface area contributed by atoms with Crippen LogP contribution in [-0.4, -0.2) is 42.4 Å². The minimum Gasteiger partial charge on any atom is -0.389 e. The van der Waals surface area contributed by atoms with Crippen molar-refractivity contribution in [3.63, 3.8) is 0 Å². The maximum absolute atomic E-state index is 9.65. The Morgan fingerprint density at radius 1 is 1.60 bits per heavy atom. The van der Waals surface area contributed by atoms with Gasteiger partial charge in [0, 0.05) is 11.4 Å². The number of likely N-dealkylation sites (N-methyl/N-ethyl adjacent to an activating group) is 1. The molecule has 15 heavy (non-hydrogen) atoms. The van der Waals surface area contributed by atoms with E-state index in [4.69, 9.17) is 16.3 Å². The van der Waals surface area contributed by atoms with Gasteiger partial charge in [0.25, 0.3) is 0 Å². The maximum Gasteiger partial charge on any atom is 0.0950 e. The van der Waals surface area contributed by atoms with E-state index < -0.39 is 0 Å². The first-order chi connectivity index (χ1) is 7.16. The van der Waals surface area contributed by atoms with Gasteiger partial charge in [-0.25, -0.2) is 0 Å². The zero-order chi connectivity index (χ0) is 10.8. The third-order valence-electron chi connectivity index (χ3n) is 2.62. The lowest BCUT2D eigenvalue weighted by Gasteiger charge is -2.24. The Hall–Kier alpha value is -0.130. The van der Waals surface area contributed by atoms with Gasteiger partial charge >= 0.3 is 0 Å². The van der Waals surface area contributed by atoms with Crippen molar-refractivity contribution in [3.8, 4) is 0 Å². The molecule has 0 amide bonds. The van der Waals surface area contributed by atoms with Crippen LogP contribution in [0.5, 0.6) is 0 Å². The predicted octanol–water partition coefficient (Wildman–Crippen LogP) is 1.59. The minimum absolute atomic E-state index is 0.103. The Kier molecular flexibility index (Phi) is 3.64. The molecular weight excluding hydrogens is 234 g/mol. The van der Waals surface area contributed by atoms with E-state index in [1.54, 1.807) is 11.3 Å². The van der Waals surface area contributed by atoms with Gasteiger partial charge in [-0.2, -0.15) is 0 Å². The van der Waals surface area contributed by atoms with E-state index in [9.17, 15) is 5.11 Å². The fourth-order valence-electron chi connectivity index (χ4n) is 1.75. The van der Waals surface area contributed by atoms with Crippen LogP contribution in [0.1, 0.15) is 4.88 Å². The molecule has 0 aliphatic carbocycles. The Bertz CT molecular complexity index is 331. The van der Waals surface area contributed by atoms with Gasteiger partial charge in [-0.05, 0) is 19.2 Å². The van der Waals surface area contributed by atoms with Crippen LogP contribution >= 0.6 is 22.9 Å². The summed E-state index contributed by atoms with van der Waals surface area (Å²) < 4.78 is 6.03. The lowest BCUT2D eigenvalue weighted by molar-refractivity contribution is 0.0930. The van der Waals surface area contributed by atoms with Crippen LogP contribution in [0.4, 0.5) is 0 Å². The summed E-state index contributed by atoms with van der Waals surface area (Å²) in [7, 11) is 2.00. The Labute approximate surface area is 98.2 Å².